The molecule has 0 heterocycles. The summed E-state index contributed by atoms with van der Waals surface area (Å²) < 4.78 is 5.06. The van der Waals surface area contributed by atoms with Gasteiger partial charge in [0.1, 0.15) is 5.75 Å². The largest absolute Gasteiger partial charge is 0.507 e. The summed E-state index contributed by atoms with van der Waals surface area (Å²) in [5.41, 5.74) is 0.141. The molecular weight excluding hydrogens is 320 g/mol. The number of nitrogens with one attached hydrogen (secondary N) is 1. The number of aliphatic imine (C=N–C) groups is 1. The quantitative estimate of drug-likeness (QED) is 0.704. The lowest BCUT2D eigenvalue weighted by Gasteiger charge is -2.20. The predicted octanol–water partition coefficient (Wildman–Crippen LogP) is 2.73. The lowest BCUT2D eigenvalue weighted by Crippen LogP contribution is -2.37. The summed E-state index contributed by atoms with van der Waals surface area (Å²) in [4.78, 5) is 16.6. The minimum atomic E-state index is -0.602. The van der Waals surface area contributed by atoms with Gasteiger partial charge in [0.2, 0.25) is 0 Å². The van der Waals surface area contributed by atoms with Gasteiger partial charge in [-0.3, -0.25) is 9.79 Å². The van der Waals surface area contributed by atoms with Gasteiger partial charge in [0, 0.05) is 18.3 Å². The van der Waals surface area contributed by atoms with E-state index in [1.807, 2.05) is 13.8 Å². The summed E-state index contributed by atoms with van der Waals surface area (Å²) in [6, 6.07) is 11.5. The maximum Gasteiger partial charge on any atom is 0.255 e. The van der Waals surface area contributed by atoms with Crippen molar-refractivity contribution in [3.05, 3.63) is 53.6 Å². The molecule has 0 aliphatic rings. The number of nitrogens with zero attached hydrogens (tertiary/aromatic N) is 1. The van der Waals surface area contributed by atoms with E-state index in [-0.39, 0.29) is 29.5 Å². The molecule has 0 unspecified atom stereocenters. The smallest absolute Gasteiger partial charge is 0.255 e. The van der Waals surface area contributed by atoms with Crippen LogP contribution in [0.15, 0.2) is 47.5 Å². The van der Waals surface area contributed by atoms with Crippen molar-refractivity contribution in [3.63, 3.8) is 0 Å². The first-order chi connectivity index (χ1) is 11.8. The highest BCUT2D eigenvalue weighted by Crippen LogP contribution is 2.28. The zero-order valence-electron chi connectivity index (χ0n) is 14.5. The van der Waals surface area contributed by atoms with E-state index in [1.54, 1.807) is 42.6 Å². The molecule has 0 saturated heterocycles. The van der Waals surface area contributed by atoms with E-state index in [9.17, 15) is 15.0 Å². The molecule has 6 heteroatoms. The van der Waals surface area contributed by atoms with Crippen LogP contribution >= 0.6 is 0 Å². The Hall–Kier alpha value is -3.02. The van der Waals surface area contributed by atoms with Crippen LogP contribution in [0.25, 0.3) is 0 Å². The Balaban J connectivity index is 2.04. The minimum Gasteiger partial charge on any atom is -0.507 e. The third-order valence-electron chi connectivity index (χ3n) is 3.63. The number of rotatable bonds is 6. The Kier molecular flexibility index (Phi) is 5.64. The third kappa shape index (κ3) is 4.73. The van der Waals surface area contributed by atoms with Crippen molar-refractivity contribution in [3.8, 4) is 17.2 Å². The molecule has 0 spiro atoms. The lowest BCUT2D eigenvalue weighted by atomic mass is 10.1. The zero-order valence-corrected chi connectivity index (χ0v) is 14.5. The Morgan fingerprint density at radius 3 is 2.60 bits per heavy atom. The first-order valence-electron chi connectivity index (χ1n) is 7.81. The number of ether oxygens (including phenoxy) is 1. The summed E-state index contributed by atoms with van der Waals surface area (Å²) in [7, 11) is 1.48. The van der Waals surface area contributed by atoms with Gasteiger partial charge in [-0.25, -0.2) is 0 Å². The molecule has 0 bridgehead atoms. The molecule has 0 atom stereocenters. The summed E-state index contributed by atoms with van der Waals surface area (Å²) in [5.74, 6) is -0.0504. The molecule has 132 valence electrons. The van der Waals surface area contributed by atoms with Crippen LogP contribution in [-0.4, -0.2) is 41.5 Å². The highest BCUT2D eigenvalue weighted by Gasteiger charge is 2.19. The fraction of sp³-hybridized carbons (Fsp3) is 0.263. The van der Waals surface area contributed by atoms with Crippen LogP contribution in [0.2, 0.25) is 0 Å². The van der Waals surface area contributed by atoms with Crippen LogP contribution < -0.4 is 10.1 Å². The second-order valence-corrected chi connectivity index (χ2v) is 6.17. The van der Waals surface area contributed by atoms with Gasteiger partial charge >= 0.3 is 0 Å². The van der Waals surface area contributed by atoms with E-state index < -0.39 is 5.54 Å². The number of carbonyl (C=O) groups excluding carboxylic acids is 1. The van der Waals surface area contributed by atoms with Gasteiger partial charge in [-0.2, -0.15) is 0 Å². The Bertz CT molecular complexity index is 785. The molecule has 2 aromatic rings. The fourth-order valence-electron chi connectivity index (χ4n) is 2.16. The van der Waals surface area contributed by atoms with Gasteiger partial charge in [-0.15, -0.1) is 0 Å². The van der Waals surface area contributed by atoms with Gasteiger partial charge < -0.3 is 20.3 Å². The standard InChI is InChI=1S/C19H22N2O4/c1-19(2,12-20-18(24)14-8-4-5-9-15(14)22)21-11-13-7-6-10-16(25-3)17(13)23/h4-11,22-23H,12H2,1-3H3,(H,20,24). The number of phenols is 2. The number of hydrogen-bond donors (Lipinski definition) is 3. The number of carbonyl (C=O) groups is 1. The summed E-state index contributed by atoms with van der Waals surface area (Å²) >= 11 is 0. The van der Waals surface area contributed by atoms with Gasteiger partial charge in [0.25, 0.3) is 5.91 Å². The Labute approximate surface area is 146 Å². The van der Waals surface area contributed by atoms with Crippen LogP contribution in [0.1, 0.15) is 29.8 Å². The van der Waals surface area contributed by atoms with Gasteiger partial charge in [0.15, 0.2) is 11.5 Å². The molecule has 6 nitrogen and oxygen atoms in total. The topological polar surface area (TPSA) is 91.2 Å². The van der Waals surface area contributed by atoms with E-state index in [0.717, 1.165) is 0 Å². The molecule has 0 aliphatic carbocycles. The zero-order chi connectivity index (χ0) is 18.4. The summed E-state index contributed by atoms with van der Waals surface area (Å²) in [6.45, 7) is 3.97. The maximum absolute atomic E-state index is 12.1. The van der Waals surface area contributed by atoms with Crippen molar-refractivity contribution in [2.45, 2.75) is 19.4 Å². The highest BCUT2D eigenvalue weighted by atomic mass is 16.5. The van der Waals surface area contributed by atoms with Gasteiger partial charge in [0.05, 0.1) is 18.2 Å². The molecule has 25 heavy (non-hydrogen) atoms. The molecule has 2 rings (SSSR count). The van der Waals surface area contributed by atoms with E-state index in [2.05, 4.69) is 10.3 Å². The number of amides is 1. The molecule has 2 aromatic carbocycles. The van der Waals surface area contributed by atoms with Crippen molar-refractivity contribution < 1.29 is 19.7 Å². The average Bonchev–Trinajstić information content (AvgIpc) is 2.59. The normalized spacial score (nSPS) is 11.5. The lowest BCUT2D eigenvalue weighted by molar-refractivity contribution is 0.0943. The fourth-order valence-corrected chi connectivity index (χ4v) is 2.16. The summed E-state index contributed by atoms with van der Waals surface area (Å²) in [5, 5.41) is 22.5. The Morgan fingerprint density at radius 2 is 1.92 bits per heavy atom. The number of methoxy groups -OCH3 is 1. The SMILES string of the molecule is COc1cccc(C=NC(C)(C)CNC(=O)c2ccccc2O)c1O. The van der Waals surface area contributed by atoms with Crippen molar-refractivity contribution in [2.75, 3.05) is 13.7 Å². The predicted molar refractivity (Wildman–Crippen MR) is 96.8 cm³/mol. The number of hydrogen-bond acceptors (Lipinski definition) is 5. The molecular formula is C19H22N2O4. The number of benzene rings is 2. The first kappa shape index (κ1) is 18.3. The van der Waals surface area contributed by atoms with E-state index in [1.165, 1.54) is 13.2 Å². The van der Waals surface area contributed by atoms with Crippen molar-refractivity contribution in [1.29, 1.82) is 0 Å². The minimum absolute atomic E-state index is 0.0165. The number of para-hydroxylation sites is 2. The molecule has 0 aromatic heterocycles. The monoisotopic (exact) mass is 342 g/mol. The van der Waals surface area contributed by atoms with Crippen molar-refractivity contribution in [2.24, 2.45) is 4.99 Å². The molecule has 3 N–H and O–H groups in total. The molecule has 0 saturated carbocycles. The average molecular weight is 342 g/mol. The molecule has 0 aliphatic heterocycles. The second kappa shape index (κ2) is 7.70. The van der Waals surface area contributed by atoms with Gasteiger partial charge in [-0.1, -0.05) is 18.2 Å². The second-order valence-electron chi connectivity index (χ2n) is 6.17. The van der Waals surface area contributed by atoms with E-state index in [0.29, 0.717) is 11.3 Å². The molecule has 0 radical (unpaired) electrons. The maximum atomic E-state index is 12.1. The third-order valence-corrected chi connectivity index (χ3v) is 3.63. The molecule has 0 fully saturated rings. The van der Waals surface area contributed by atoms with E-state index >= 15 is 0 Å². The van der Waals surface area contributed by atoms with Crippen LogP contribution in [0, 0.1) is 0 Å². The number of phenolic OH excluding ortho intramolecular Hbond substituents is 2. The van der Waals surface area contributed by atoms with Crippen LogP contribution in [0.3, 0.4) is 0 Å². The number of aromatic hydroxyl groups is 2. The van der Waals surface area contributed by atoms with E-state index in [4.69, 9.17) is 4.74 Å². The van der Waals surface area contributed by atoms with Gasteiger partial charge in [-0.05, 0) is 38.1 Å². The van der Waals surface area contributed by atoms with Crippen molar-refractivity contribution in [1.82, 2.24) is 5.32 Å². The first-order valence-corrected chi connectivity index (χ1v) is 7.81. The van der Waals surface area contributed by atoms with Crippen LogP contribution in [0.4, 0.5) is 0 Å². The summed E-state index contributed by atoms with van der Waals surface area (Å²) in [6.07, 6.45) is 1.55. The van der Waals surface area contributed by atoms with Crippen LogP contribution in [-0.2, 0) is 0 Å². The van der Waals surface area contributed by atoms with Crippen LogP contribution in [0.5, 0.6) is 17.2 Å². The highest BCUT2D eigenvalue weighted by molar-refractivity contribution is 5.96. The van der Waals surface area contributed by atoms with Crippen molar-refractivity contribution >= 4 is 12.1 Å². The molecule has 1 amide bonds. The Morgan fingerprint density at radius 1 is 1.20 bits per heavy atom.